The van der Waals surface area contributed by atoms with Crippen molar-refractivity contribution in [2.75, 3.05) is 72.7 Å². The van der Waals surface area contributed by atoms with E-state index in [-0.39, 0.29) is 50.3 Å². The van der Waals surface area contributed by atoms with Crippen LogP contribution in [0.2, 0.25) is 0 Å². The van der Waals surface area contributed by atoms with Crippen LogP contribution in [-0.2, 0) is 78.5 Å². The van der Waals surface area contributed by atoms with Crippen LogP contribution in [0.1, 0.15) is 43.0 Å². The molecule has 11 heteroatoms. The van der Waals surface area contributed by atoms with E-state index >= 15 is 0 Å². The summed E-state index contributed by atoms with van der Waals surface area (Å²) in [4.78, 5) is 0. The van der Waals surface area contributed by atoms with Crippen molar-refractivity contribution in [1.29, 1.82) is 0 Å². The first-order chi connectivity index (χ1) is 29.9. The minimum Gasteiger partial charge on any atom is -0.376 e. The average Bonchev–Trinajstić information content (AvgIpc) is 3.65. The van der Waals surface area contributed by atoms with Crippen LogP contribution >= 0.6 is 0 Å². The Hall–Kier alpha value is -3.82. The molecule has 1 aliphatic heterocycles. The Balaban J connectivity index is 1.16. The van der Waals surface area contributed by atoms with Crippen LogP contribution in [0, 0.1) is 0 Å². The quantitative estimate of drug-likeness (QED) is 0.0352. The number of hydrogen-bond acceptors (Lipinski definition) is 11. The van der Waals surface area contributed by atoms with Gasteiger partial charge in [0.15, 0.2) is 5.79 Å². The summed E-state index contributed by atoms with van der Waals surface area (Å²) in [5, 5.41) is 0. The zero-order chi connectivity index (χ0) is 42.6. The molecule has 5 unspecified atom stereocenters. The van der Waals surface area contributed by atoms with Crippen LogP contribution < -0.4 is 0 Å². The van der Waals surface area contributed by atoms with Gasteiger partial charge in [0.25, 0.3) is 0 Å². The van der Waals surface area contributed by atoms with Gasteiger partial charge in [-0.25, -0.2) is 0 Å². The molecule has 1 fully saturated rings. The first-order valence-electron chi connectivity index (χ1n) is 21.4. The predicted molar refractivity (Wildman–Crippen MR) is 234 cm³/mol. The van der Waals surface area contributed by atoms with Crippen molar-refractivity contribution in [3.05, 3.63) is 156 Å². The Morgan fingerprint density at radius 2 is 0.820 bits per heavy atom. The van der Waals surface area contributed by atoms with Crippen LogP contribution in [0.4, 0.5) is 0 Å². The van der Waals surface area contributed by atoms with Crippen molar-refractivity contribution in [2.45, 2.75) is 83.5 Å². The van der Waals surface area contributed by atoms with E-state index in [2.05, 4.69) is 0 Å². The van der Waals surface area contributed by atoms with Gasteiger partial charge in [-0.05, 0) is 43.0 Å². The monoisotopic (exact) mass is 842 g/mol. The smallest absolute Gasteiger partial charge is 0.163 e. The summed E-state index contributed by atoms with van der Waals surface area (Å²) < 4.78 is 67.7. The van der Waals surface area contributed by atoms with E-state index in [1.165, 1.54) is 0 Å². The summed E-state index contributed by atoms with van der Waals surface area (Å²) in [7, 11) is 0. The maximum absolute atomic E-state index is 6.39. The molecule has 0 radical (unpaired) electrons. The molecule has 0 bridgehead atoms. The van der Waals surface area contributed by atoms with E-state index in [0.717, 1.165) is 22.3 Å². The highest BCUT2D eigenvalue weighted by molar-refractivity contribution is 5.15. The molecule has 5 rings (SSSR count). The zero-order valence-corrected chi connectivity index (χ0v) is 36.2. The molecule has 0 saturated carbocycles. The highest BCUT2D eigenvalue weighted by Crippen LogP contribution is 2.22. The lowest BCUT2D eigenvalue weighted by atomic mass is 10.2. The molecule has 0 aliphatic carbocycles. The van der Waals surface area contributed by atoms with E-state index in [1.807, 2.05) is 154 Å². The van der Waals surface area contributed by atoms with Gasteiger partial charge >= 0.3 is 0 Å². The first-order valence-corrected chi connectivity index (χ1v) is 21.4. The van der Waals surface area contributed by atoms with Crippen LogP contribution in [0.3, 0.4) is 0 Å². The SMILES string of the molecule is C/C=C/COCC(COCC(COCC(COCC(COCC1COC(C)(C)O1)OCc1ccccc1)OCc1ccccc1)OCc1ccccc1)OCc1ccccc1. The van der Waals surface area contributed by atoms with Crippen molar-refractivity contribution in [3.63, 3.8) is 0 Å². The lowest BCUT2D eigenvalue weighted by molar-refractivity contribution is -0.149. The van der Waals surface area contributed by atoms with Gasteiger partial charge in [-0.15, -0.1) is 0 Å². The van der Waals surface area contributed by atoms with E-state index in [4.69, 9.17) is 52.1 Å². The molecule has 5 atom stereocenters. The Kier molecular flexibility index (Phi) is 22.7. The first kappa shape index (κ1) is 48.2. The van der Waals surface area contributed by atoms with Crippen molar-refractivity contribution in [1.82, 2.24) is 0 Å². The normalized spacial score (nSPS) is 17.1. The second-order valence-corrected chi connectivity index (χ2v) is 15.4. The van der Waals surface area contributed by atoms with Gasteiger partial charge < -0.3 is 52.1 Å². The third-order valence-corrected chi connectivity index (χ3v) is 9.56. The molecule has 0 N–H and O–H groups in total. The second-order valence-electron chi connectivity index (χ2n) is 15.4. The summed E-state index contributed by atoms with van der Waals surface area (Å²) in [6, 6.07) is 40.3. The Labute approximate surface area is 363 Å². The summed E-state index contributed by atoms with van der Waals surface area (Å²) >= 11 is 0. The molecular weight excluding hydrogens is 777 g/mol. The fourth-order valence-corrected chi connectivity index (χ4v) is 6.26. The van der Waals surface area contributed by atoms with E-state index in [0.29, 0.717) is 79.3 Å². The molecule has 1 saturated heterocycles. The van der Waals surface area contributed by atoms with Crippen molar-refractivity contribution in [3.8, 4) is 0 Å². The molecule has 4 aromatic rings. The number of ether oxygens (including phenoxy) is 11. The fourth-order valence-electron chi connectivity index (χ4n) is 6.26. The van der Waals surface area contributed by atoms with Crippen molar-refractivity contribution >= 4 is 0 Å². The summed E-state index contributed by atoms with van der Waals surface area (Å²) in [6.07, 6.45) is 2.48. The maximum atomic E-state index is 6.39. The fraction of sp³-hybridized carbons (Fsp3) is 0.480. The Bertz CT molecular complexity index is 1690. The Morgan fingerprint density at radius 1 is 0.492 bits per heavy atom. The number of rotatable bonds is 32. The van der Waals surface area contributed by atoms with E-state index < -0.39 is 5.79 Å². The molecule has 61 heavy (non-hydrogen) atoms. The molecule has 0 aromatic heterocycles. The predicted octanol–water partition coefficient (Wildman–Crippen LogP) is 8.14. The molecule has 1 heterocycles. The van der Waals surface area contributed by atoms with Crippen molar-refractivity contribution in [2.24, 2.45) is 0 Å². The highest BCUT2D eigenvalue weighted by Gasteiger charge is 2.33. The lowest BCUT2D eigenvalue weighted by Crippen LogP contribution is -2.34. The van der Waals surface area contributed by atoms with E-state index in [9.17, 15) is 0 Å². The van der Waals surface area contributed by atoms with Crippen LogP contribution in [0.15, 0.2) is 133 Å². The number of benzene rings is 4. The number of allylic oxidation sites excluding steroid dienone is 1. The second kappa shape index (κ2) is 28.7. The molecule has 11 nitrogen and oxygen atoms in total. The van der Waals surface area contributed by atoms with Gasteiger partial charge in [-0.2, -0.15) is 0 Å². The van der Waals surface area contributed by atoms with Crippen LogP contribution in [0.5, 0.6) is 0 Å². The lowest BCUT2D eigenvalue weighted by Gasteiger charge is -2.24. The standard InChI is InChI=1S/C50H66O11/c1-4-5-26-51-31-45(56-27-41-18-10-6-11-19-41)32-52-33-46(57-28-42-20-12-7-13-21-42)34-53-35-47(58-29-43-22-14-8-15-23-43)36-54-37-48(59-30-44-24-16-9-17-25-44)38-55-39-49-40-60-50(2,3)61-49/h4-25,45-49H,26-40H2,1-3H3/b5-4+. The topological polar surface area (TPSA) is 102 Å². The van der Waals surface area contributed by atoms with Gasteiger partial charge in [0.2, 0.25) is 0 Å². The van der Waals surface area contributed by atoms with Gasteiger partial charge in [-0.1, -0.05) is 133 Å². The molecule has 332 valence electrons. The average molecular weight is 843 g/mol. The molecular formula is C50H66O11. The molecule has 0 spiro atoms. The summed E-state index contributed by atoms with van der Waals surface area (Å²) in [5.74, 6) is -0.611. The van der Waals surface area contributed by atoms with Crippen LogP contribution in [-0.4, -0.2) is 109 Å². The molecule has 1 aliphatic rings. The van der Waals surface area contributed by atoms with Gasteiger partial charge in [0.05, 0.1) is 99.1 Å². The van der Waals surface area contributed by atoms with Gasteiger partial charge in [-0.3, -0.25) is 0 Å². The molecule has 4 aromatic carbocycles. The minimum absolute atomic E-state index is 0.138. The third kappa shape index (κ3) is 20.7. The number of hydrogen-bond donors (Lipinski definition) is 0. The van der Waals surface area contributed by atoms with Crippen molar-refractivity contribution < 1.29 is 52.1 Å². The Morgan fingerprint density at radius 3 is 1.13 bits per heavy atom. The largest absolute Gasteiger partial charge is 0.376 e. The highest BCUT2D eigenvalue weighted by atomic mass is 16.7. The zero-order valence-electron chi connectivity index (χ0n) is 36.2. The maximum Gasteiger partial charge on any atom is 0.163 e. The van der Waals surface area contributed by atoms with Gasteiger partial charge in [0, 0.05) is 0 Å². The van der Waals surface area contributed by atoms with E-state index in [1.54, 1.807) is 0 Å². The third-order valence-electron chi connectivity index (χ3n) is 9.56. The molecule has 0 amide bonds. The summed E-state index contributed by atoms with van der Waals surface area (Å²) in [6.45, 7) is 11.4. The summed E-state index contributed by atoms with van der Waals surface area (Å²) in [5.41, 5.74) is 4.28. The van der Waals surface area contributed by atoms with Gasteiger partial charge in [0.1, 0.15) is 30.5 Å². The van der Waals surface area contributed by atoms with Crippen LogP contribution in [0.25, 0.3) is 0 Å². The minimum atomic E-state index is -0.611.